The SMILES string of the molecule is CC(C)(C)CC(O)C(CC(O)NNC(O)CC(C(O)CC(C)(C)C)C(C)(C)C)C(C)(C)C. The van der Waals surface area contributed by atoms with E-state index in [2.05, 4.69) is 93.9 Å². The smallest absolute Gasteiger partial charge is 0.117 e. The average molecular weight is 461 g/mol. The highest BCUT2D eigenvalue weighted by atomic mass is 16.3. The van der Waals surface area contributed by atoms with Gasteiger partial charge in [0.1, 0.15) is 12.5 Å². The minimum Gasteiger partial charge on any atom is -0.393 e. The first-order chi connectivity index (χ1) is 14.0. The zero-order chi connectivity index (χ0) is 25.7. The molecule has 0 spiro atoms. The van der Waals surface area contributed by atoms with Crippen LogP contribution in [0.1, 0.15) is 109 Å². The summed E-state index contributed by atoms with van der Waals surface area (Å²) in [6.07, 6.45) is -0.894. The van der Waals surface area contributed by atoms with Crippen LogP contribution in [0.25, 0.3) is 0 Å². The molecule has 0 fully saturated rings. The van der Waals surface area contributed by atoms with Crippen LogP contribution >= 0.6 is 0 Å². The molecule has 0 aromatic heterocycles. The first-order valence-electron chi connectivity index (χ1n) is 12.3. The van der Waals surface area contributed by atoms with Crippen LogP contribution in [0.4, 0.5) is 0 Å². The van der Waals surface area contributed by atoms with Crippen molar-refractivity contribution in [3.05, 3.63) is 0 Å². The zero-order valence-corrected chi connectivity index (χ0v) is 23.1. The minimum atomic E-state index is -0.920. The maximum Gasteiger partial charge on any atom is 0.117 e. The van der Waals surface area contributed by atoms with E-state index in [9.17, 15) is 20.4 Å². The lowest BCUT2D eigenvalue weighted by atomic mass is 9.71. The van der Waals surface area contributed by atoms with Gasteiger partial charge in [-0.3, -0.25) is 0 Å². The molecule has 0 aliphatic heterocycles. The number of rotatable bonds is 11. The van der Waals surface area contributed by atoms with E-state index in [1.165, 1.54) is 0 Å². The van der Waals surface area contributed by atoms with Gasteiger partial charge in [-0.25, -0.2) is 10.9 Å². The van der Waals surface area contributed by atoms with Gasteiger partial charge in [-0.1, -0.05) is 83.1 Å². The van der Waals surface area contributed by atoms with E-state index in [0.717, 1.165) is 0 Å². The molecule has 0 amide bonds. The molecule has 6 heteroatoms. The number of hydrogen-bond donors (Lipinski definition) is 6. The van der Waals surface area contributed by atoms with Crippen LogP contribution in [0.5, 0.6) is 0 Å². The number of hydrazine groups is 1. The van der Waals surface area contributed by atoms with Crippen molar-refractivity contribution in [1.29, 1.82) is 0 Å². The first kappa shape index (κ1) is 31.8. The molecule has 194 valence electrons. The molecule has 0 saturated heterocycles. The number of hydrogen-bond acceptors (Lipinski definition) is 6. The number of aliphatic hydroxyl groups excluding tert-OH is 4. The molecular formula is C26H56N2O4. The Bertz CT molecular complexity index is 478. The van der Waals surface area contributed by atoms with Gasteiger partial charge >= 0.3 is 0 Å². The summed E-state index contributed by atoms with van der Waals surface area (Å²) in [6, 6.07) is 0. The average Bonchev–Trinajstić information content (AvgIpc) is 2.49. The molecule has 6 atom stereocenters. The second-order valence-corrected chi connectivity index (χ2v) is 14.4. The lowest BCUT2D eigenvalue weighted by Gasteiger charge is -2.39. The van der Waals surface area contributed by atoms with Gasteiger partial charge in [0.15, 0.2) is 0 Å². The van der Waals surface area contributed by atoms with Gasteiger partial charge < -0.3 is 20.4 Å². The summed E-state index contributed by atoms with van der Waals surface area (Å²) in [5.74, 6) is -0.224. The summed E-state index contributed by atoms with van der Waals surface area (Å²) in [5.41, 5.74) is 5.24. The maximum absolute atomic E-state index is 10.8. The molecule has 0 radical (unpaired) electrons. The highest BCUT2D eigenvalue weighted by Gasteiger charge is 2.36. The van der Waals surface area contributed by atoms with Gasteiger partial charge in [-0.2, -0.15) is 0 Å². The minimum absolute atomic E-state index is 0.00833. The highest BCUT2D eigenvalue weighted by Crippen LogP contribution is 2.38. The van der Waals surface area contributed by atoms with Gasteiger partial charge in [-0.05, 0) is 59.2 Å². The summed E-state index contributed by atoms with van der Waals surface area (Å²) in [5, 5.41) is 42.8. The molecule has 0 bridgehead atoms. The van der Waals surface area contributed by atoms with Crippen LogP contribution in [0.2, 0.25) is 0 Å². The Morgan fingerprint density at radius 2 is 0.750 bits per heavy atom. The molecule has 0 aromatic carbocycles. The van der Waals surface area contributed by atoms with Crippen molar-refractivity contribution >= 4 is 0 Å². The van der Waals surface area contributed by atoms with Gasteiger partial charge in [0.05, 0.1) is 12.2 Å². The van der Waals surface area contributed by atoms with E-state index in [4.69, 9.17) is 0 Å². The van der Waals surface area contributed by atoms with Crippen molar-refractivity contribution in [3.8, 4) is 0 Å². The number of nitrogens with one attached hydrogen (secondary N) is 2. The van der Waals surface area contributed by atoms with E-state index >= 15 is 0 Å². The van der Waals surface area contributed by atoms with E-state index in [0.29, 0.717) is 25.7 Å². The topological polar surface area (TPSA) is 105 Å². The molecule has 0 rings (SSSR count). The Morgan fingerprint density at radius 3 is 0.938 bits per heavy atom. The van der Waals surface area contributed by atoms with Crippen LogP contribution in [-0.4, -0.2) is 45.1 Å². The fourth-order valence-electron chi connectivity index (χ4n) is 4.51. The maximum atomic E-state index is 10.8. The molecular weight excluding hydrogens is 404 g/mol. The third-order valence-electron chi connectivity index (χ3n) is 6.17. The quantitative estimate of drug-likeness (QED) is 0.201. The van der Waals surface area contributed by atoms with Crippen molar-refractivity contribution in [2.75, 3.05) is 0 Å². The van der Waals surface area contributed by atoms with E-state index in [-0.39, 0.29) is 33.5 Å². The van der Waals surface area contributed by atoms with Gasteiger partial charge in [0.2, 0.25) is 0 Å². The Morgan fingerprint density at radius 1 is 0.500 bits per heavy atom. The monoisotopic (exact) mass is 460 g/mol. The van der Waals surface area contributed by atoms with Crippen LogP contribution in [0.15, 0.2) is 0 Å². The van der Waals surface area contributed by atoms with Crippen LogP contribution < -0.4 is 10.9 Å². The molecule has 6 nitrogen and oxygen atoms in total. The zero-order valence-electron chi connectivity index (χ0n) is 23.1. The largest absolute Gasteiger partial charge is 0.393 e. The predicted molar refractivity (Wildman–Crippen MR) is 134 cm³/mol. The fourth-order valence-corrected chi connectivity index (χ4v) is 4.51. The lowest BCUT2D eigenvalue weighted by Crippen LogP contribution is -2.51. The van der Waals surface area contributed by atoms with Gasteiger partial charge in [0, 0.05) is 0 Å². The number of aliphatic hydroxyl groups is 4. The molecule has 32 heavy (non-hydrogen) atoms. The van der Waals surface area contributed by atoms with Crippen molar-refractivity contribution in [3.63, 3.8) is 0 Å². The molecule has 0 heterocycles. The van der Waals surface area contributed by atoms with Crippen LogP contribution in [0.3, 0.4) is 0 Å². The Labute approximate surface area is 198 Å². The first-order valence-corrected chi connectivity index (χ1v) is 12.3. The summed E-state index contributed by atoms with van der Waals surface area (Å²) < 4.78 is 0. The fraction of sp³-hybridized carbons (Fsp3) is 1.00. The summed E-state index contributed by atoms with van der Waals surface area (Å²) >= 11 is 0. The van der Waals surface area contributed by atoms with Crippen molar-refractivity contribution in [1.82, 2.24) is 10.9 Å². The normalized spacial score (nSPS) is 19.9. The van der Waals surface area contributed by atoms with Crippen molar-refractivity contribution in [2.45, 2.75) is 133 Å². The van der Waals surface area contributed by atoms with E-state index in [1.54, 1.807) is 0 Å². The second-order valence-electron chi connectivity index (χ2n) is 14.4. The summed E-state index contributed by atoms with van der Waals surface area (Å²) in [6.45, 7) is 25.0. The Balaban J connectivity index is 5.01. The third kappa shape index (κ3) is 13.5. The molecule has 0 aliphatic carbocycles. The van der Waals surface area contributed by atoms with E-state index < -0.39 is 24.7 Å². The standard InChI is InChI=1S/C26H56N2O4/c1-23(2,3)15-19(29)17(25(7,8)9)13-21(31)27-28-22(32)14-18(26(10,11)12)20(30)16-24(4,5)6/h17-22,27-32H,13-16H2,1-12H3. The predicted octanol–water partition coefficient (Wildman–Crippen LogP) is 4.42. The molecule has 6 unspecified atom stereocenters. The molecule has 0 aliphatic rings. The van der Waals surface area contributed by atoms with Crippen molar-refractivity contribution < 1.29 is 20.4 Å². The highest BCUT2D eigenvalue weighted by molar-refractivity contribution is 4.86. The second kappa shape index (κ2) is 11.9. The Kier molecular flexibility index (Phi) is 11.9. The van der Waals surface area contributed by atoms with E-state index in [1.807, 2.05) is 0 Å². The molecule has 0 aromatic rings. The summed E-state index contributed by atoms with van der Waals surface area (Å²) in [7, 11) is 0. The molecule has 6 N–H and O–H groups in total. The Hall–Kier alpha value is -0.240. The van der Waals surface area contributed by atoms with Crippen molar-refractivity contribution in [2.24, 2.45) is 33.5 Å². The molecule has 0 saturated carbocycles. The van der Waals surface area contributed by atoms with Crippen LogP contribution in [-0.2, 0) is 0 Å². The van der Waals surface area contributed by atoms with Gasteiger partial charge in [-0.15, -0.1) is 0 Å². The summed E-state index contributed by atoms with van der Waals surface area (Å²) in [4.78, 5) is 0. The third-order valence-corrected chi connectivity index (χ3v) is 6.17. The van der Waals surface area contributed by atoms with Gasteiger partial charge in [0.25, 0.3) is 0 Å². The van der Waals surface area contributed by atoms with Crippen LogP contribution in [0, 0.1) is 33.5 Å². The lowest BCUT2D eigenvalue weighted by molar-refractivity contribution is -0.0438.